The van der Waals surface area contributed by atoms with Crippen molar-refractivity contribution in [3.05, 3.63) is 65.3 Å². The van der Waals surface area contributed by atoms with Gasteiger partial charge < -0.3 is 10.1 Å². The van der Waals surface area contributed by atoms with Gasteiger partial charge in [0, 0.05) is 16.5 Å². The molecule has 0 aliphatic rings. The molecule has 2 nitrogen and oxygen atoms in total. The van der Waals surface area contributed by atoms with Crippen molar-refractivity contribution in [2.24, 2.45) is 0 Å². The van der Waals surface area contributed by atoms with E-state index in [1.807, 2.05) is 48.8 Å². The molecule has 0 aliphatic heterocycles. The molecule has 1 heterocycles. The van der Waals surface area contributed by atoms with Gasteiger partial charge in [0.2, 0.25) is 0 Å². The number of benzene rings is 2. The molecule has 1 aromatic heterocycles. The molecule has 0 amide bonds. The summed E-state index contributed by atoms with van der Waals surface area (Å²) in [7, 11) is 1.90. The van der Waals surface area contributed by atoms with E-state index in [1.54, 1.807) is 17.4 Å². The monoisotopic (exact) mass is 315 g/mol. The van der Waals surface area contributed by atoms with Crippen molar-refractivity contribution in [1.82, 2.24) is 5.32 Å². The van der Waals surface area contributed by atoms with Gasteiger partial charge in [-0.15, -0.1) is 11.3 Å². The van der Waals surface area contributed by atoms with Crippen LogP contribution in [0.4, 0.5) is 4.39 Å². The molecular weight excluding hydrogens is 297 g/mol. The summed E-state index contributed by atoms with van der Waals surface area (Å²) in [6.07, 6.45) is 0.606. The van der Waals surface area contributed by atoms with E-state index in [2.05, 4.69) is 5.32 Å². The Morgan fingerprint density at radius 3 is 2.73 bits per heavy atom. The summed E-state index contributed by atoms with van der Waals surface area (Å²) in [4.78, 5) is 0. The fourth-order valence-electron chi connectivity index (χ4n) is 2.49. The number of rotatable bonds is 6. The molecule has 22 heavy (non-hydrogen) atoms. The smallest absolute Gasteiger partial charge is 0.165 e. The maximum absolute atomic E-state index is 14.3. The molecule has 114 valence electrons. The van der Waals surface area contributed by atoms with Gasteiger partial charge in [-0.05, 0) is 42.7 Å². The molecule has 1 N–H and O–H groups in total. The zero-order chi connectivity index (χ0) is 15.4. The van der Waals surface area contributed by atoms with E-state index in [0.29, 0.717) is 5.75 Å². The van der Waals surface area contributed by atoms with Crippen molar-refractivity contribution >= 4 is 21.4 Å². The fourth-order valence-corrected chi connectivity index (χ4v) is 3.27. The van der Waals surface area contributed by atoms with Crippen molar-refractivity contribution < 1.29 is 9.13 Å². The van der Waals surface area contributed by atoms with Crippen LogP contribution in [-0.4, -0.2) is 13.6 Å². The van der Waals surface area contributed by atoms with Crippen molar-refractivity contribution in [2.45, 2.75) is 12.5 Å². The van der Waals surface area contributed by atoms with Gasteiger partial charge in [-0.25, -0.2) is 4.39 Å². The predicted molar refractivity (Wildman–Crippen MR) is 90.1 cm³/mol. The van der Waals surface area contributed by atoms with Gasteiger partial charge in [-0.3, -0.25) is 0 Å². The Morgan fingerprint density at radius 2 is 1.95 bits per heavy atom. The Labute approximate surface area is 133 Å². The first-order valence-electron chi connectivity index (χ1n) is 7.31. The lowest BCUT2D eigenvalue weighted by molar-refractivity contribution is 0.189. The van der Waals surface area contributed by atoms with Crippen LogP contribution in [-0.2, 0) is 0 Å². The van der Waals surface area contributed by atoms with E-state index in [0.717, 1.165) is 28.6 Å². The van der Waals surface area contributed by atoms with E-state index in [4.69, 9.17) is 4.74 Å². The third kappa shape index (κ3) is 3.13. The van der Waals surface area contributed by atoms with Crippen LogP contribution in [0.3, 0.4) is 0 Å². The second-order valence-electron chi connectivity index (χ2n) is 5.12. The van der Waals surface area contributed by atoms with Crippen LogP contribution < -0.4 is 10.1 Å². The van der Waals surface area contributed by atoms with Crippen molar-refractivity contribution in [3.8, 4) is 5.75 Å². The van der Waals surface area contributed by atoms with Gasteiger partial charge in [0.05, 0.1) is 0 Å². The van der Waals surface area contributed by atoms with Crippen molar-refractivity contribution in [3.63, 3.8) is 0 Å². The molecule has 3 rings (SSSR count). The highest BCUT2D eigenvalue weighted by molar-refractivity contribution is 7.17. The van der Waals surface area contributed by atoms with Gasteiger partial charge in [0.1, 0.15) is 6.10 Å². The van der Waals surface area contributed by atoms with Crippen molar-refractivity contribution in [1.29, 1.82) is 0 Å². The molecule has 0 fully saturated rings. The Morgan fingerprint density at radius 1 is 1.14 bits per heavy atom. The molecule has 4 heteroatoms. The molecule has 0 unspecified atom stereocenters. The van der Waals surface area contributed by atoms with Crippen LogP contribution in [0.15, 0.2) is 53.9 Å². The zero-order valence-electron chi connectivity index (χ0n) is 12.4. The quantitative estimate of drug-likeness (QED) is 0.707. The van der Waals surface area contributed by atoms with Crippen molar-refractivity contribution in [2.75, 3.05) is 13.6 Å². The molecule has 1 atom stereocenters. The number of ether oxygens (including phenoxy) is 1. The normalized spacial score (nSPS) is 12.5. The third-order valence-corrected chi connectivity index (χ3v) is 4.51. The highest BCUT2D eigenvalue weighted by Crippen LogP contribution is 2.35. The summed E-state index contributed by atoms with van der Waals surface area (Å²) < 4.78 is 21.4. The largest absolute Gasteiger partial charge is 0.482 e. The van der Waals surface area contributed by atoms with Crippen LogP contribution in [0.1, 0.15) is 18.1 Å². The lowest BCUT2D eigenvalue weighted by Gasteiger charge is -2.20. The van der Waals surface area contributed by atoms with Crippen LogP contribution in [0.5, 0.6) is 5.75 Å². The highest BCUT2D eigenvalue weighted by atomic mass is 32.1. The first-order valence-corrected chi connectivity index (χ1v) is 8.19. The summed E-state index contributed by atoms with van der Waals surface area (Å²) in [6, 6.07) is 15.2. The minimum atomic E-state index is -0.309. The average Bonchev–Trinajstić information content (AvgIpc) is 3.03. The second-order valence-corrected chi connectivity index (χ2v) is 6.07. The number of nitrogens with one attached hydrogen (secondary N) is 1. The molecule has 0 saturated heterocycles. The van der Waals surface area contributed by atoms with Gasteiger partial charge >= 0.3 is 0 Å². The Hall–Kier alpha value is -1.91. The van der Waals surface area contributed by atoms with Gasteiger partial charge in [-0.2, -0.15) is 0 Å². The predicted octanol–water partition coefficient (Wildman–Crippen LogP) is 4.77. The minimum absolute atomic E-state index is 0.173. The first kappa shape index (κ1) is 15.0. The molecule has 3 aromatic rings. The Bertz CT molecular complexity index is 741. The van der Waals surface area contributed by atoms with Crippen LogP contribution in [0.2, 0.25) is 0 Å². The highest BCUT2D eigenvalue weighted by Gasteiger charge is 2.17. The molecule has 0 saturated carbocycles. The summed E-state index contributed by atoms with van der Waals surface area (Å²) in [5.41, 5.74) is 1.06. The maximum Gasteiger partial charge on any atom is 0.165 e. The standard InChI is InChI=1S/C18H18FNOS/c1-20-11-9-16(13-5-3-2-4-6-13)21-18-14-10-12-22-17(14)8-7-15(18)19/h2-8,10,12,16,20H,9,11H2,1H3/t16-/m0/s1. The van der Waals surface area contributed by atoms with E-state index >= 15 is 0 Å². The molecule has 0 aliphatic carbocycles. The second kappa shape index (κ2) is 6.90. The molecule has 0 spiro atoms. The zero-order valence-corrected chi connectivity index (χ0v) is 13.2. The number of halogens is 1. The number of hydrogen-bond donors (Lipinski definition) is 1. The number of fused-ring (bicyclic) bond motifs is 1. The Kier molecular flexibility index (Phi) is 4.71. The van der Waals surface area contributed by atoms with E-state index in [9.17, 15) is 4.39 Å². The number of hydrogen-bond acceptors (Lipinski definition) is 3. The molecular formula is C18H18FNOS. The van der Waals surface area contributed by atoms with Gasteiger partial charge in [0.15, 0.2) is 11.6 Å². The van der Waals surface area contributed by atoms with Crippen LogP contribution in [0, 0.1) is 5.82 Å². The molecule has 2 aromatic carbocycles. The lowest BCUT2D eigenvalue weighted by atomic mass is 10.1. The lowest BCUT2D eigenvalue weighted by Crippen LogP contribution is -2.16. The van der Waals surface area contributed by atoms with Crippen LogP contribution >= 0.6 is 11.3 Å². The maximum atomic E-state index is 14.3. The summed E-state index contributed by atoms with van der Waals surface area (Å²) in [6.45, 7) is 0.806. The molecule has 0 bridgehead atoms. The average molecular weight is 315 g/mol. The number of thiophene rings is 1. The third-order valence-electron chi connectivity index (χ3n) is 3.63. The van der Waals surface area contributed by atoms with E-state index in [1.165, 1.54) is 6.07 Å². The fraction of sp³-hybridized carbons (Fsp3) is 0.222. The first-order chi connectivity index (χ1) is 10.8. The van der Waals surface area contributed by atoms with E-state index < -0.39 is 0 Å². The van der Waals surface area contributed by atoms with Gasteiger partial charge in [0.25, 0.3) is 0 Å². The summed E-state index contributed by atoms with van der Waals surface area (Å²) in [5.74, 6) is 0.0417. The Balaban J connectivity index is 1.95. The SMILES string of the molecule is CNCC[C@H](Oc1c(F)ccc2sccc12)c1ccccc1. The van der Waals surface area contributed by atoms with Gasteiger partial charge in [-0.1, -0.05) is 30.3 Å². The van der Waals surface area contributed by atoms with E-state index in [-0.39, 0.29) is 11.9 Å². The summed E-state index contributed by atoms with van der Waals surface area (Å²) >= 11 is 1.59. The minimum Gasteiger partial charge on any atom is -0.482 e. The topological polar surface area (TPSA) is 21.3 Å². The summed E-state index contributed by atoms with van der Waals surface area (Å²) in [5, 5.41) is 5.93. The van der Waals surface area contributed by atoms with Crippen LogP contribution in [0.25, 0.3) is 10.1 Å². The molecule has 0 radical (unpaired) electrons.